The molecule has 1 N–H and O–H groups in total. The number of nitrogens with zero attached hydrogens (tertiary/aromatic N) is 1. The molecule has 1 saturated carbocycles. The predicted octanol–water partition coefficient (Wildman–Crippen LogP) is 2.74. The Balaban J connectivity index is 1.94. The molecular formula is C15H22N2O3S. The summed E-state index contributed by atoms with van der Waals surface area (Å²) in [7, 11) is 1.34. The molecule has 0 aromatic carbocycles. The summed E-state index contributed by atoms with van der Waals surface area (Å²) < 4.78 is 4.71. The van der Waals surface area contributed by atoms with E-state index >= 15 is 0 Å². The van der Waals surface area contributed by atoms with Crippen molar-refractivity contribution in [2.45, 2.75) is 38.6 Å². The van der Waals surface area contributed by atoms with Crippen molar-refractivity contribution < 1.29 is 14.3 Å². The molecular weight excluding hydrogens is 288 g/mol. The first-order valence-corrected chi connectivity index (χ1v) is 8.23. The highest BCUT2D eigenvalue weighted by atomic mass is 32.1. The van der Waals surface area contributed by atoms with Crippen molar-refractivity contribution >= 4 is 28.9 Å². The monoisotopic (exact) mass is 310 g/mol. The maximum Gasteiger partial charge on any atom is 0.350 e. The average Bonchev–Trinajstić information content (AvgIpc) is 3.15. The van der Waals surface area contributed by atoms with Crippen LogP contribution in [0, 0.1) is 0 Å². The molecule has 1 fully saturated rings. The van der Waals surface area contributed by atoms with Crippen LogP contribution in [0.25, 0.3) is 0 Å². The zero-order valence-corrected chi connectivity index (χ0v) is 13.4. The first kappa shape index (κ1) is 16.0. The van der Waals surface area contributed by atoms with Crippen molar-refractivity contribution in [1.82, 2.24) is 4.90 Å². The molecule has 0 atom stereocenters. The summed E-state index contributed by atoms with van der Waals surface area (Å²) in [5.41, 5.74) is 0.541. The van der Waals surface area contributed by atoms with Gasteiger partial charge in [0.1, 0.15) is 4.88 Å². The predicted molar refractivity (Wildman–Crippen MR) is 83.8 cm³/mol. The first-order valence-electron chi connectivity index (χ1n) is 7.35. The first-order chi connectivity index (χ1) is 10.2. The number of esters is 1. The second kappa shape index (κ2) is 7.56. The molecule has 0 spiro atoms. The molecule has 0 saturated heterocycles. The van der Waals surface area contributed by atoms with Crippen LogP contribution in [0.1, 0.15) is 42.3 Å². The van der Waals surface area contributed by atoms with Crippen molar-refractivity contribution in [3.63, 3.8) is 0 Å². The van der Waals surface area contributed by atoms with Gasteiger partial charge >= 0.3 is 5.97 Å². The summed E-state index contributed by atoms with van der Waals surface area (Å²) in [6, 6.07) is 2.25. The molecule has 1 aromatic rings. The Morgan fingerprint density at radius 1 is 1.43 bits per heavy atom. The van der Waals surface area contributed by atoms with E-state index in [4.69, 9.17) is 4.74 Å². The molecule has 0 bridgehead atoms. The lowest BCUT2D eigenvalue weighted by Gasteiger charge is -2.26. The van der Waals surface area contributed by atoms with Gasteiger partial charge in [0.05, 0.1) is 19.3 Å². The lowest BCUT2D eigenvalue weighted by molar-refractivity contribution is -0.117. The highest BCUT2D eigenvalue weighted by Gasteiger charge is 2.23. The number of carbonyl (C=O) groups is 2. The van der Waals surface area contributed by atoms with Gasteiger partial charge in [-0.1, -0.05) is 19.8 Å². The molecule has 1 heterocycles. The number of ether oxygens (including phenoxy) is 1. The minimum absolute atomic E-state index is 0.0766. The zero-order valence-electron chi connectivity index (χ0n) is 12.6. The van der Waals surface area contributed by atoms with Gasteiger partial charge < -0.3 is 10.1 Å². The van der Waals surface area contributed by atoms with Gasteiger partial charge in [0.15, 0.2) is 0 Å². The van der Waals surface area contributed by atoms with Crippen molar-refractivity contribution in [2.24, 2.45) is 0 Å². The van der Waals surface area contributed by atoms with Crippen LogP contribution in [0.2, 0.25) is 0 Å². The van der Waals surface area contributed by atoms with E-state index in [0.717, 1.165) is 6.54 Å². The van der Waals surface area contributed by atoms with E-state index in [0.29, 0.717) is 23.2 Å². The second-order valence-electron chi connectivity index (χ2n) is 5.20. The third kappa shape index (κ3) is 4.04. The number of hydrogen-bond donors (Lipinski definition) is 1. The Kier molecular flexibility index (Phi) is 5.76. The molecule has 21 heavy (non-hydrogen) atoms. The Labute approximate surface area is 129 Å². The molecule has 116 valence electrons. The van der Waals surface area contributed by atoms with Crippen molar-refractivity contribution in [2.75, 3.05) is 25.5 Å². The van der Waals surface area contributed by atoms with Crippen molar-refractivity contribution in [3.8, 4) is 0 Å². The van der Waals surface area contributed by atoms with E-state index in [1.165, 1.54) is 44.1 Å². The highest BCUT2D eigenvalue weighted by Crippen LogP contribution is 2.25. The fourth-order valence-electron chi connectivity index (χ4n) is 2.80. The standard InChI is InChI=1S/C15H22N2O3S/c1-3-17(11-6-4-5-7-11)10-13(18)16-12-8-9-21-14(12)15(19)20-2/h8-9,11H,3-7,10H2,1-2H3,(H,16,18). The van der Waals surface area contributed by atoms with E-state index in [2.05, 4.69) is 17.1 Å². The maximum absolute atomic E-state index is 12.2. The summed E-state index contributed by atoms with van der Waals surface area (Å²) in [5.74, 6) is -0.490. The quantitative estimate of drug-likeness (QED) is 0.821. The molecule has 2 rings (SSSR count). The number of anilines is 1. The van der Waals surface area contributed by atoms with E-state index in [1.54, 1.807) is 11.4 Å². The molecule has 1 aliphatic carbocycles. The largest absolute Gasteiger partial charge is 0.465 e. The van der Waals surface area contributed by atoms with E-state index in [-0.39, 0.29) is 5.91 Å². The number of nitrogens with one attached hydrogen (secondary N) is 1. The fraction of sp³-hybridized carbons (Fsp3) is 0.600. The van der Waals surface area contributed by atoms with Crippen LogP contribution in [0.4, 0.5) is 5.69 Å². The number of hydrogen-bond acceptors (Lipinski definition) is 5. The molecule has 0 radical (unpaired) electrons. The third-order valence-electron chi connectivity index (χ3n) is 3.90. The number of carbonyl (C=O) groups excluding carboxylic acids is 2. The van der Waals surface area contributed by atoms with Gasteiger partial charge in [0.25, 0.3) is 0 Å². The summed E-state index contributed by atoms with van der Waals surface area (Å²) in [5, 5.41) is 4.60. The highest BCUT2D eigenvalue weighted by molar-refractivity contribution is 7.12. The van der Waals surface area contributed by atoms with Gasteiger partial charge in [-0.3, -0.25) is 9.69 Å². The normalized spacial score (nSPS) is 15.4. The minimum Gasteiger partial charge on any atom is -0.465 e. The molecule has 6 heteroatoms. The van der Waals surface area contributed by atoms with Gasteiger partial charge in [-0.2, -0.15) is 0 Å². The molecule has 0 aliphatic heterocycles. The van der Waals surface area contributed by atoms with Crippen LogP contribution in [0.5, 0.6) is 0 Å². The summed E-state index contributed by atoms with van der Waals surface area (Å²) in [6.45, 7) is 3.32. The third-order valence-corrected chi connectivity index (χ3v) is 4.80. The molecule has 1 aliphatic rings. The maximum atomic E-state index is 12.2. The van der Waals surface area contributed by atoms with Crippen LogP contribution in [-0.2, 0) is 9.53 Å². The fourth-order valence-corrected chi connectivity index (χ4v) is 3.57. The molecule has 5 nitrogen and oxygen atoms in total. The van der Waals surface area contributed by atoms with Crippen molar-refractivity contribution in [3.05, 3.63) is 16.3 Å². The topological polar surface area (TPSA) is 58.6 Å². The van der Waals surface area contributed by atoms with Crippen LogP contribution < -0.4 is 5.32 Å². The Bertz CT molecular complexity index is 495. The summed E-state index contributed by atoms with van der Waals surface area (Å²) in [4.78, 5) is 26.4. The molecule has 1 aromatic heterocycles. The van der Waals surface area contributed by atoms with E-state index in [1.807, 2.05) is 0 Å². The van der Waals surface area contributed by atoms with Gasteiger partial charge in [-0.25, -0.2) is 4.79 Å². The summed E-state index contributed by atoms with van der Waals surface area (Å²) >= 11 is 1.27. The number of methoxy groups -OCH3 is 1. The summed E-state index contributed by atoms with van der Waals surface area (Å²) in [6.07, 6.45) is 4.85. The van der Waals surface area contributed by atoms with Crippen LogP contribution in [-0.4, -0.2) is 43.0 Å². The van der Waals surface area contributed by atoms with Gasteiger partial charge in [0, 0.05) is 6.04 Å². The number of amides is 1. The second-order valence-corrected chi connectivity index (χ2v) is 6.12. The Morgan fingerprint density at radius 2 is 2.14 bits per heavy atom. The number of rotatable bonds is 6. The van der Waals surface area contributed by atoms with Crippen LogP contribution in [0.15, 0.2) is 11.4 Å². The number of likely N-dealkylation sites (N-methyl/N-ethyl adjacent to an activating group) is 1. The SMILES string of the molecule is CCN(CC(=O)Nc1ccsc1C(=O)OC)C1CCCC1. The minimum atomic E-state index is -0.413. The molecule has 1 amide bonds. The van der Waals surface area contributed by atoms with Crippen LogP contribution in [0.3, 0.4) is 0 Å². The van der Waals surface area contributed by atoms with E-state index < -0.39 is 5.97 Å². The van der Waals surface area contributed by atoms with Gasteiger partial charge in [-0.15, -0.1) is 11.3 Å². The lowest BCUT2D eigenvalue weighted by atomic mass is 10.2. The van der Waals surface area contributed by atoms with Gasteiger partial charge in [0.2, 0.25) is 5.91 Å². The smallest absolute Gasteiger partial charge is 0.350 e. The zero-order chi connectivity index (χ0) is 15.2. The average molecular weight is 310 g/mol. The van der Waals surface area contributed by atoms with Gasteiger partial charge in [-0.05, 0) is 30.8 Å². The Morgan fingerprint density at radius 3 is 2.76 bits per heavy atom. The lowest BCUT2D eigenvalue weighted by Crippen LogP contribution is -2.39. The Hall–Kier alpha value is -1.40. The number of thiophene rings is 1. The molecule has 0 unspecified atom stereocenters. The van der Waals surface area contributed by atoms with Crippen LogP contribution >= 0.6 is 11.3 Å². The van der Waals surface area contributed by atoms with Crippen molar-refractivity contribution in [1.29, 1.82) is 0 Å². The van der Waals surface area contributed by atoms with E-state index in [9.17, 15) is 9.59 Å².